The van der Waals surface area contributed by atoms with Gasteiger partial charge in [0.1, 0.15) is 0 Å². The Morgan fingerprint density at radius 3 is 2.34 bits per heavy atom. The number of rotatable bonds is 4. The number of amides is 3. The van der Waals surface area contributed by atoms with Crippen molar-refractivity contribution in [3.8, 4) is 0 Å². The lowest BCUT2D eigenvalue weighted by atomic mass is 10.1. The summed E-state index contributed by atoms with van der Waals surface area (Å²) in [4.78, 5) is 44.2. The van der Waals surface area contributed by atoms with Gasteiger partial charge in [0.2, 0.25) is 11.8 Å². The minimum Gasteiger partial charge on any atom is -0.339 e. The third kappa shape index (κ3) is 4.05. The van der Waals surface area contributed by atoms with E-state index in [2.05, 4.69) is 0 Å². The molecule has 0 N–H and O–H groups in total. The third-order valence-electron chi connectivity index (χ3n) is 5.87. The fourth-order valence-corrected chi connectivity index (χ4v) is 4.82. The number of nitrogens with zero attached hydrogens (tertiary/aromatic N) is 3. The Kier molecular flexibility index (Phi) is 5.67. The van der Waals surface area contributed by atoms with E-state index in [1.807, 2.05) is 64.6 Å². The number of piperazine rings is 1. The van der Waals surface area contributed by atoms with Gasteiger partial charge in [0.05, 0.1) is 16.8 Å². The van der Waals surface area contributed by atoms with Crippen LogP contribution in [0.25, 0.3) is 0 Å². The number of thiophene rings is 1. The summed E-state index contributed by atoms with van der Waals surface area (Å²) in [6.45, 7) is 4.58. The molecule has 0 bridgehead atoms. The largest absolute Gasteiger partial charge is 0.339 e. The second-order valence-electron chi connectivity index (χ2n) is 7.63. The minimum absolute atomic E-state index is 0.0318. The molecule has 2 saturated heterocycles. The van der Waals surface area contributed by atoms with Gasteiger partial charge in [-0.15, -0.1) is 11.3 Å². The first-order valence-electron chi connectivity index (χ1n) is 10.0. The van der Waals surface area contributed by atoms with Crippen LogP contribution in [-0.4, -0.2) is 65.1 Å². The Bertz CT molecular complexity index is 876. The fourth-order valence-electron chi connectivity index (χ4n) is 4.13. The standard InChI is InChI=1S/C22H25N3O3S/c1-16(17-6-3-2-4-7-17)25-15-18(14-20(25)26)21(27)23-9-11-24(12-10-23)22(28)19-8-5-13-29-19/h2-8,13,16,18H,9-12,14-15H2,1H3/t16-,18+/m0/s1. The Morgan fingerprint density at radius 1 is 1.00 bits per heavy atom. The molecule has 3 amide bonds. The highest BCUT2D eigenvalue weighted by Crippen LogP contribution is 2.29. The molecule has 0 radical (unpaired) electrons. The predicted molar refractivity (Wildman–Crippen MR) is 111 cm³/mol. The number of hydrogen-bond donors (Lipinski definition) is 0. The molecule has 0 spiro atoms. The minimum atomic E-state index is -0.298. The summed E-state index contributed by atoms with van der Waals surface area (Å²) in [6, 6.07) is 13.6. The lowest BCUT2D eigenvalue weighted by Crippen LogP contribution is -2.52. The molecule has 0 saturated carbocycles. The molecule has 0 unspecified atom stereocenters. The smallest absolute Gasteiger partial charge is 0.264 e. The zero-order valence-corrected chi connectivity index (χ0v) is 17.3. The topological polar surface area (TPSA) is 60.9 Å². The third-order valence-corrected chi connectivity index (χ3v) is 6.73. The van der Waals surface area contributed by atoms with Gasteiger partial charge >= 0.3 is 0 Å². The molecular weight excluding hydrogens is 386 g/mol. The first kappa shape index (κ1) is 19.6. The van der Waals surface area contributed by atoms with Crippen molar-refractivity contribution >= 4 is 29.1 Å². The predicted octanol–water partition coefficient (Wildman–Crippen LogP) is 2.64. The highest BCUT2D eigenvalue weighted by atomic mass is 32.1. The van der Waals surface area contributed by atoms with Crippen molar-refractivity contribution in [1.29, 1.82) is 0 Å². The van der Waals surface area contributed by atoms with E-state index >= 15 is 0 Å². The average Bonchev–Trinajstić information content (AvgIpc) is 3.43. The van der Waals surface area contributed by atoms with Gasteiger partial charge in [-0.3, -0.25) is 14.4 Å². The highest BCUT2D eigenvalue weighted by molar-refractivity contribution is 7.12. The van der Waals surface area contributed by atoms with Crippen LogP contribution in [0.1, 0.15) is 34.6 Å². The van der Waals surface area contributed by atoms with Gasteiger partial charge in [-0.25, -0.2) is 0 Å². The second kappa shape index (κ2) is 8.37. The average molecular weight is 412 g/mol. The molecular formula is C22H25N3O3S. The summed E-state index contributed by atoms with van der Waals surface area (Å²) in [5.41, 5.74) is 1.08. The SMILES string of the molecule is C[C@@H](c1ccccc1)N1C[C@H](C(=O)N2CCN(C(=O)c3cccs3)CC2)CC1=O. The summed E-state index contributed by atoms with van der Waals surface area (Å²) in [5, 5.41) is 1.90. The van der Waals surface area contributed by atoms with Crippen LogP contribution >= 0.6 is 11.3 Å². The summed E-state index contributed by atoms with van der Waals surface area (Å²) in [5.74, 6) is -0.199. The summed E-state index contributed by atoms with van der Waals surface area (Å²) in [6.07, 6.45) is 0.268. The van der Waals surface area contributed by atoms with E-state index in [4.69, 9.17) is 0 Å². The van der Waals surface area contributed by atoms with Gasteiger partial charge in [0.25, 0.3) is 5.91 Å². The molecule has 152 valence electrons. The summed E-state index contributed by atoms with van der Waals surface area (Å²) in [7, 11) is 0. The lowest BCUT2D eigenvalue weighted by Gasteiger charge is -2.35. The van der Waals surface area contributed by atoms with Gasteiger partial charge in [0.15, 0.2) is 0 Å². The number of benzene rings is 1. The molecule has 3 heterocycles. The highest BCUT2D eigenvalue weighted by Gasteiger charge is 2.39. The normalized spacial score (nSPS) is 20.8. The zero-order chi connectivity index (χ0) is 20.4. The van der Waals surface area contributed by atoms with E-state index in [-0.39, 0.29) is 36.1 Å². The van der Waals surface area contributed by atoms with Crippen LogP contribution in [0.15, 0.2) is 47.8 Å². The first-order chi connectivity index (χ1) is 14.0. The van der Waals surface area contributed by atoms with Gasteiger partial charge in [-0.05, 0) is 23.9 Å². The molecule has 6 nitrogen and oxygen atoms in total. The lowest BCUT2D eigenvalue weighted by molar-refractivity contribution is -0.137. The van der Waals surface area contributed by atoms with Crippen LogP contribution in [0.3, 0.4) is 0 Å². The van der Waals surface area contributed by atoms with Gasteiger partial charge in [0, 0.05) is 39.1 Å². The van der Waals surface area contributed by atoms with E-state index in [1.165, 1.54) is 11.3 Å². The maximum atomic E-state index is 13.0. The van der Waals surface area contributed by atoms with Crippen molar-refractivity contribution in [2.45, 2.75) is 19.4 Å². The molecule has 0 aliphatic carbocycles. The van der Waals surface area contributed by atoms with E-state index in [1.54, 1.807) is 4.90 Å². The van der Waals surface area contributed by atoms with E-state index in [0.717, 1.165) is 10.4 Å². The van der Waals surface area contributed by atoms with Crippen molar-refractivity contribution in [3.63, 3.8) is 0 Å². The Morgan fingerprint density at radius 2 is 1.69 bits per heavy atom. The van der Waals surface area contributed by atoms with E-state index < -0.39 is 0 Å². The molecule has 1 aromatic heterocycles. The fraction of sp³-hybridized carbons (Fsp3) is 0.409. The quantitative estimate of drug-likeness (QED) is 0.777. The number of likely N-dealkylation sites (tertiary alicyclic amines) is 1. The molecule has 2 atom stereocenters. The van der Waals surface area contributed by atoms with E-state index in [9.17, 15) is 14.4 Å². The number of hydrogen-bond acceptors (Lipinski definition) is 4. The molecule has 2 aliphatic rings. The maximum absolute atomic E-state index is 13.0. The van der Waals surface area contributed by atoms with Crippen molar-refractivity contribution in [2.75, 3.05) is 32.7 Å². The first-order valence-corrected chi connectivity index (χ1v) is 10.9. The van der Waals surface area contributed by atoms with Crippen LogP contribution in [-0.2, 0) is 9.59 Å². The van der Waals surface area contributed by atoms with E-state index in [0.29, 0.717) is 32.7 Å². The second-order valence-corrected chi connectivity index (χ2v) is 8.58. The van der Waals surface area contributed by atoms with Crippen molar-refractivity contribution in [2.24, 2.45) is 5.92 Å². The molecule has 2 aromatic rings. The summed E-state index contributed by atoms with van der Waals surface area (Å²) >= 11 is 1.44. The Balaban J connectivity index is 1.34. The molecule has 7 heteroatoms. The van der Waals surface area contributed by atoms with Crippen LogP contribution in [0, 0.1) is 5.92 Å². The molecule has 4 rings (SSSR count). The Hall–Kier alpha value is -2.67. The van der Waals surface area contributed by atoms with Gasteiger partial charge in [-0.2, -0.15) is 0 Å². The summed E-state index contributed by atoms with van der Waals surface area (Å²) < 4.78 is 0. The maximum Gasteiger partial charge on any atom is 0.264 e. The van der Waals surface area contributed by atoms with Crippen molar-refractivity contribution < 1.29 is 14.4 Å². The van der Waals surface area contributed by atoms with Crippen molar-refractivity contribution in [3.05, 3.63) is 58.3 Å². The van der Waals surface area contributed by atoms with Crippen LogP contribution in [0.5, 0.6) is 0 Å². The van der Waals surface area contributed by atoms with Gasteiger partial charge < -0.3 is 14.7 Å². The number of carbonyl (C=O) groups excluding carboxylic acids is 3. The van der Waals surface area contributed by atoms with Crippen molar-refractivity contribution in [1.82, 2.24) is 14.7 Å². The molecule has 2 aliphatic heterocycles. The van der Waals surface area contributed by atoms with Crippen LogP contribution in [0.4, 0.5) is 0 Å². The monoisotopic (exact) mass is 411 g/mol. The molecule has 1 aromatic carbocycles. The molecule has 2 fully saturated rings. The van der Waals surface area contributed by atoms with Crippen LogP contribution < -0.4 is 0 Å². The molecule has 29 heavy (non-hydrogen) atoms. The van der Waals surface area contributed by atoms with Crippen LogP contribution in [0.2, 0.25) is 0 Å². The number of carbonyl (C=O) groups is 3. The van der Waals surface area contributed by atoms with Gasteiger partial charge in [-0.1, -0.05) is 36.4 Å². The zero-order valence-electron chi connectivity index (χ0n) is 16.5. The Labute approximate surface area is 174 Å².